The monoisotopic (exact) mass is 201 g/mol. The van der Waals surface area contributed by atoms with Crippen LogP contribution in [0.2, 0.25) is 0 Å². The van der Waals surface area contributed by atoms with Crippen LogP contribution in [0.1, 0.15) is 30.7 Å². The minimum Gasteiger partial charge on any atom is -0.303 e. The standard InChI is InChI=1S/C14H19N/c1-2-10-15-11-8-14(9-12-15)13-6-4-3-5-7-13/h1,3-7,14H,2,8-12H2. The van der Waals surface area contributed by atoms with Crippen LogP contribution < -0.4 is 0 Å². The largest absolute Gasteiger partial charge is 0.303 e. The summed E-state index contributed by atoms with van der Waals surface area (Å²) in [4.78, 5) is 2.47. The van der Waals surface area contributed by atoms with Crippen molar-refractivity contribution in [1.29, 1.82) is 0 Å². The van der Waals surface area contributed by atoms with Gasteiger partial charge in [0.25, 0.3) is 0 Å². The van der Waals surface area contributed by atoms with E-state index in [1.54, 1.807) is 0 Å². The van der Waals surface area contributed by atoms with E-state index in [-0.39, 0.29) is 0 Å². The van der Waals surface area contributed by atoms with Crippen molar-refractivity contribution in [2.45, 2.75) is 25.2 Å². The molecule has 0 aliphatic carbocycles. The van der Waals surface area contributed by atoms with E-state index in [9.17, 15) is 0 Å². The molecule has 0 spiro atoms. The minimum atomic E-state index is 0.764. The van der Waals surface area contributed by atoms with E-state index in [2.05, 4.69) is 35.2 Å². The Morgan fingerprint density at radius 1 is 1.13 bits per heavy atom. The number of likely N-dealkylation sites (tertiary alicyclic amines) is 1. The minimum absolute atomic E-state index is 0.764. The summed E-state index contributed by atoms with van der Waals surface area (Å²) >= 11 is 0. The first kappa shape index (κ1) is 10.7. The van der Waals surface area contributed by atoms with Gasteiger partial charge in [-0.05, 0) is 57.3 Å². The van der Waals surface area contributed by atoms with E-state index in [4.69, 9.17) is 6.92 Å². The molecule has 1 heteroatoms. The third-order valence-corrected chi connectivity index (χ3v) is 3.30. The molecule has 1 aliphatic rings. The maximum absolute atomic E-state index is 5.56. The Hall–Kier alpha value is -0.820. The second-order valence-electron chi connectivity index (χ2n) is 4.32. The number of nitrogens with zero attached hydrogens (tertiary/aromatic N) is 1. The van der Waals surface area contributed by atoms with Crippen LogP contribution in [-0.2, 0) is 0 Å². The van der Waals surface area contributed by atoms with Crippen molar-refractivity contribution < 1.29 is 0 Å². The number of hydrogen-bond donors (Lipinski definition) is 0. The average Bonchev–Trinajstić information content (AvgIpc) is 2.32. The van der Waals surface area contributed by atoms with Crippen molar-refractivity contribution in [1.82, 2.24) is 4.90 Å². The van der Waals surface area contributed by atoms with Gasteiger partial charge in [-0.3, -0.25) is 0 Å². The topological polar surface area (TPSA) is 3.24 Å². The summed E-state index contributed by atoms with van der Waals surface area (Å²) in [6.07, 6.45) is 3.35. The maximum atomic E-state index is 5.56. The predicted octanol–water partition coefficient (Wildman–Crippen LogP) is 2.97. The summed E-state index contributed by atoms with van der Waals surface area (Å²) in [5, 5.41) is 0. The van der Waals surface area contributed by atoms with E-state index < -0.39 is 0 Å². The zero-order valence-electron chi connectivity index (χ0n) is 9.23. The fraction of sp³-hybridized carbons (Fsp3) is 0.500. The molecule has 1 fully saturated rings. The second-order valence-corrected chi connectivity index (χ2v) is 4.32. The molecule has 15 heavy (non-hydrogen) atoms. The third kappa shape index (κ3) is 2.82. The van der Waals surface area contributed by atoms with Crippen molar-refractivity contribution in [3.05, 3.63) is 42.8 Å². The number of benzene rings is 1. The molecule has 0 amide bonds. The van der Waals surface area contributed by atoms with Crippen molar-refractivity contribution in [2.24, 2.45) is 0 Å². The van der Waals surface area contributed by atoms with Crippen LogP contribution in [0.3, 0.4) is 0 Å². The smallest absolute Gasteiger partial charge is 0.00129 e. The molecule has 1 aromatic rings. The molecule has 1 nitrogen and oxygen atoms in total. The van der Waals surface area contributed by atoms with Gasteiger partial charge in [0, 0.05) is 0 Å². The molecular formula is C14H19N. The van der Waals surface area contributed by atoms with Crippen LogP contribution in [-0.4, -0.2) is 24.5 Å². The zero-order chi connectivity index (χ0) is 10.5. The highest BCUT2D eigenvalue weighted by molar-refractivity contribution is 5.19. The molecule has 2 rings (SSSR count). The highest BCUT2D eigenvalue weighted by atomic mass is 15.1. The summed E-state index contributed by atoms with van der Waals surface area (Å²) in [6.45, 7) is 9.03. The summed E-state index contributed by atoms with van der Waals surface area (Å²) < 4.78 is 0. The lowest BCUT2D eigenvalue weighted by Gasteiger charge is -2.31. The van der Waals surface area contributed by atoms with Gasteiger partial charge >= 0.3 is 0 Å². The first-order valence-corrected chi connectivity index (χ1v) is 5.87. The summed E-state index contributed by atoms with van der Waals surface area (Å²) in [5.74, 6) is 0.764. The van der Waals surface area contributed by atoms with Gasteiger partial charge < -0.3 is 4.90 Å². The van der Waals surface area contributed by atoms with Crippen molar-refractivity contribution in [3.8, 4) is 0 Å². The Morgan fingerprint density at radius 2 is 1.80 bits per heavy atom. The Morgan fingerprint density at radius 3 is 2.40 bits per heavy atom. The lowest BCUT2D eigenvalue weighted by molar-refractivity contribution is 0.215. The predicted molar refractivity (Wildman–Crippen MR) is 63.8 cm³/mol. The van der Waals surface area contributed by atoms with Crippen LogP contribution in [0.15, 0.2) is 30.3 Å². The van der Waals surface area contributed by atoms with Crippen LogP contribution in [0.5, 0.6) is 0 Å². The van der Waals surface area contributed by atoms with Crippen LogP contribution >= 0.6 is 0 Å². The molecule has 0 unspecified atom stereocenters. The summed E-state index contributed by atoms with van der Waals surface area (Å²) in [6, 6.07) is 10.9. The Balaban J connectivity index is 1.88. The second kappa shape index (κ2) is 5.32. The van der Waals surface area contributed by atoms with E-state index in [0.717, 1.165) is 18.9 Å². The Kier molecular flexibility index (Phi) is 3.79. The molecule has 0 bridgehead atoms. The van der Waals surface area contributed by atoms with Gasteiger partial charge in [-0.25, -0.2) is 0 Å². The number of hydrogen-bond acceptors (Lipinski definition) is 1. The van der Waals surface area contributed by atoms with Crippen molar-refractivity contribution in [2.75, 3.05) is 19.6 Å². The van der Waals surface area contributed by atoms with Crippen LogP contribution in [0.25, 0.3) is 0 Å². The number of piperidine rings is 1. The Bertz CT molecular complexity index is 273. The molecule has 2 radical (unpaired) electrons. The van der Waals surface area contributed by atoms with E-state index in [1.165, 1.54) is 31.5 Å². The van der Waals surface area contributed by atoms with Gasteiger partial charge in [-0.15, -0.1) is 0 Å². The van der Waals surface area contributed by atoms with Gasteiger partial charge in [0.2, 0.25) is 0 Å². The molecule has 0 aromatic heterocycles. The van der Waals surface area contributed by atoms with Crippen LogP contribution in [0, 0.1) is 6.92 Å². The first-order valence-electron chi connectivity index (χ1n) is 5.87. The van der Waals surface area contributed by atoms with Crippen molar-refractivity contribution in [3.63, 3.8) is 0 Å². The molecule has 0 N–H and O–H groups in total. The molecule has 1 aliphatic heterocycles. The molecule has 1 heterocycles. The van der Waals surface area contributed by atoms with Gasteiger partial charge in [-0.2, -0.15) is 0 Å². The molecule has 80 valence electrons. The van der Waals surface area contributed by atoms with Crippen LogP contribution in [0.4, 0.5) is 0 Å². The number of rotatable bonds is 3. The van der Waals surface area contributed by atoms with Gasteiger partial charge in [0.1, 0.15) is 0 Å². The van der Waals surface area contributed by atoms with Gasteiger partial charge in [0.05, 0.1) is 0 Å². The van der Waals surface area contributed by atoms with Crippen molar-refractivity contribution >= 4 is 0 Å². The molecule has 1 saturated heterocycles. The maximum Gasteiger partial charge on any atom is -0.00129 e. The normalized spacial score (nSPS) is 19.3. The average molecular weight is 201 g/mol. The van der Waals surface area contributed by atoms with Gasteiger partial charge in [-0.1, -0.05) is 30.3 Å². The van der Waals surface area contributed by atoms with E-state index in [1.807, 2.05) is 0 Å². The molecule has 0 saturated carbocycles. The SMILES string of the molecule is [CH]CCN1CCC(c2ccccc2)CC1. The summed E-state index contributed by atoms with van der Waals surface area (Å²) in [7, 11) is 0. The molecule has 0 atom stereocenters. The first-order chi connectivity index (χ1) is 7.40. The van der Waals surface area contributed by atoms with E-state index >= 15 is 0 Å². The molecule has 1 aromatic carbocycles. The highest BCUT2D eigenvalue weighted by Crippen LogP contribution is 2.27. The fourth-order valence-corrected chi connectivity index (χ4v) is 2.40. The third-order valence-electron chi connectivity index (χ3n) is 3.30. The molecular weight excluding hydrogens is 182 g/mol. The lowest BCUT2D eigenvalue weighted by Crippen LogP contribution is -2.33. The zero-order valence-corrected chi connectivity index (χ0v) is 9.23. The lowest BCUT2D eigenvalue weighted by atomic mass is 9.89. The highest BCUT2D eigenvalue weighted by Gasteiger charge is 2.19. The van der Waals surface area contributed by atoms with E-state index in [0.29, 0.717) is 0 Å². The quantitative estimate of drug-likeness (QED) is 0.726. The van der Waals surface area contributed by atoms with Gasteiger partial charge in [0.15, 0.2) is 0 Å². The fourth-order valence-electron chi connectivity index (χ4n) is 2.40. The Labute approximate surface area is 93.1 Å². The summed E-state index contributed by atoms with van der Waals surface area (Å²) in [5.41, 5.74) is 1.50.